The molecule has 2 aromatic carbocycles. The van der Waals surface area contributed by atoms with Crippen molar-refractivity contribution in [2.75, 3.05) is 18.4 Å². The molecule has 3 nitrogen and oxygen atoms in total. The van der Waals surface area contributed by atoms with Gasteiger partial charge in [-0.3, -0.25) is 9.69 Å². The maximum Gasteiger partial charge on any atom is 0.238 e. The van der Waals surface area contributed by atoms with E-state index < -0.39 is 0 Å². The monoisotopic (exact) mass is 326 g/mol. The Morgan fingerprint density at radius 2 is 1.83 bits per heavy atom. The van der Waals surface area contributed by atoms with Crippen molar-refractivity contribution in [2.45, 2.75) is 32.7 Å². The van der Waals surface area contributed by atoms with Gasteiger partial charge in [-0.1, -0.05) is 30.3 Å². The van der Waals surface area contributed by atoms with E-state index in [1.54, 1.807) is 0 Å². The quantitative estimate of drug-likeness (QED) is 0.912. The predicted octanol–water partition coefficient (Wildman–Crippen LogP) is 4.22. The van der Waals surface area contributed by atoms with Gasteiger partial charge in [-0.15, -0.1) is 0 Å². The van der Waals surface area contributed by atoms with Crippen LogP contribution in [0, 0.1) is 19.7 Å². The minimum atomic E-state index is -0.226. The Hall–Kier alpha value is -2.20. The third-order valence-electron chi connectivity index (χ3n) is 4.71. The second-order valence-electron chi connectivity index (χ2n) is 6.50. The fraction of sp³-hybridized carbons (Fsp3) is 0.350. The van der Waals surface area contributed by atoms with Crippen LogP contribution in [-0.2, 0) is 4.79 Å². The topological polar surface area (TPSA) is 32.3 Å². The van der Waals surface area contributed by atoms with Crippen molar-refractivity contribution < 1.29 is 9.18 Å². The number of halogens is 1. The molecule has 1 heterocycles. The zero-order valence-corrected chi connectivity index (χ0v) is 14.2. The van der Waals surface area contributed by atoms with Gasteiger partial charge in [0.05, 0.1) is 6.54 Å². The molecule has 1 amide bonds. The predicted molar refractivity (Wildman–Crippen MR) is 94.5 cm³/mol. The lowest BCUT2D eigenvalue weighted by Crippen LogP contribution is -2.33. The molecule has 1 N–H and O–H groups in total. The number of amides is 1. The van der Waals surface area contributed by atoms with Gasteiger partial charge in [0.15, 0.2) is 0 Å². The van der Waals surface area contributed by atoms with E-state index in [1.165, 1.54) is 12.1 Å². The van der Waals surface area contributed by atoms with Crippen LogP contribution < -0.4 is 5.32 Å². The van der Waals surface area contributed by atoms with Crippen molar-refractivity contribution in [3.8, 4) is 0 Å². The van der Waals surface area contributed by atoms with Crippen molar-refractivity contribution in [3.63, 3.8) is 0 Å². The third kappa shape index (κ3) is 3.65. The van der Waals surface area contributed by atoms with Crippen molar-refractivity contribution in [2.24, 2.45) is 0 Å². The highest BCUT2D eigenvalue weighted by Gasteiger charge is 2.27. The number of anilines is 1. The molecule has 0 unspecified atom stereocenters. The largest absolute Gasteiger partial charge is 0.324 e. The lowest BCUT2D eigenvalue weighted by Gasteiger charge is -2.24. The van der Waals surface area contributed by atoms with Gasteiger partial charge in [-0.25, -0.2) is 4.39 Å². The summed E-state index contributed by atoms with van der Waals surface area (Å²) in [6.45, 7) is 5.25. The standard InChI is InChI=1S/C20H23FN2O/c1-14-5-3-6-15(2)20(14)22-19(24)13-23-12-4-7-18(23)16-8-10-17(21)11-9-16/h3,5-6,8-11,18H,4,7,12-13H2,1-2H3,(H,22,24)/t18-/m0/s1. The SMILES string of the molecule is Cc1cccc(C)c1NC(=O)CN1CCC[C@H]1c1ccc(F)cc1. The van der Waals surface area contributed by atoms with Crippen LogP contribution in [0.3, 0.4) is 0 Å². The maximum atomic E-state index is 13.1. The van der Waals surface area contributed by atoms with Crippen LogP contribution in [0.15, 0.2) is 42.5 Å². The zero-order chi connectivity index (χ0) is 17.1. The highest BCUT2D eigenvalue weighted by molar-refractivity contribution is 5.93. The fourth-order valence-corrected chi connectivity index (χ4v) is 3.45. The Morgan fingerprint density at radius 3 is 2.50 bits per heavy atom. The van der Waals surface area contributed by atoms with Crippen molar-refractivity contribution in [1.82, 2.24) is 4.90 Å². The number of hydrogen-bond donors (Lipinski definition) is 1. The molecule has 126 valence electrons. The molecule has 1 saturated heterocycles. The summed E-state index contributed by atoms with van der Waals surface area (Å²) in [5.41, 5.74) is 4.12. The van der Waals surface area contributed by atoms with Gasteiger partial charge in [0, 0.05) is 11.7 Å². The number of nitrogens with zero attached hydrogens (tertiary/aromatic N) is 1. The van der Waals surface area contributed by atoms with E-state index in [2.05, 4.69) is 10.2 Å². The van der Waals surface area contributed by atoms with E-state index in [-0.39, 0.29) is 17.8 Å². The Morgan fingerprint density at radius 1 is 1.17 bits per heavy atom. The van der Waals surface area contributed by atoms with E-state index in [0.29, 0.717) is 6.54 Å². The molecule has 4 heteroatoms. The highest BCUT2D eigenvalue weighted by Crippen LogP contribution is 2.31. The second kappa shape index (κ2) is 7.14. The molecular formula is C20H23FN2O. The number of carbonyl (C=O) groups is 1. The van der Waals surface area contributed by atoms with E-state index in [4.69, 9.17) is 0 Å². The summed E-state index contributed by atoms with van der Waals surface area (Å²) in [6, 6.07) is 12.8. The number of hydrogen-bond acceptors (Lipinski definition) is 2. The summed E-state index contributed by atoms with van der Waals surface area (Å²) in [4.78, 5) is 14.7. The first-order chi connectivity index (χ1) is 11.5. The van der Waals surface area contributed by atoms with Gasteiger partial charge in [-0.05, 0) is 62.1 Å². The van der Waals surface area contributed by atoms with Crippen LogP contribution in [0.2, 0.25) is 0 Å². The maximum absolute atomic E-state index is 13.1. The molecule has 1 aliphatic rings. The lowest BCUT2D eigenvalue weighted by atomic mass is 10.0. The number of likely N-dealkylation sites (tertiary alicyclic amines) is 1. The summed E-state index contributed by atoms with van der Waals surface area (Å²) in [6.07, 6.45) is 2.06. The normalized spacial score (nSPS) is 17.9. The van der Waals surface area contributed by atoms with Gasteiger partial charge < -0.3 is 5.32 Å². The average molecular weight is 326 g/mol. The Balaban J connectivity index is 1.68. The minimum absolute atomic E-state index is 0.00131. The number of carbonyl (C=O) groups excluding carboxylic acids is 1. The Bertz CT molecular complexity index is 707. The molecular weight excluding hydrogens is 303 g/mol. The van der Waals surface area contributed by atoms with E-state index in [9.17, 15) is 9.18 Å². The Labute approximate surface area is 142 Å². The molecule has 0 aliphatic carbocycles. The molecule has 0 radical (unpaired) electrons. The van der Waals surface area contributed by atoms with Crippen molar-refractivity contribution in [1.29, 1.82) is 0 Å². The smallest absolute Gasteiger partial charge is 0.238 e. The second-order valence-corrected chi connectivity index (χ2v) is 6.50. The number of rotatable bonds is 4. The average Bonchev–Trinajstić information content (AvgIpc) is 3.00. The number of nitrogens with one attached hydrogen (secondary N) is 1. The highest BCUT2D eigenvalue weighted by atomic mass is 19.1. The van der Waals surface area contributed by atoms with E-state index in [0.717, 1.165) is 41.8 Å². The zero-order valence-electron chi connectivity index (χ0n) is 14.2. The lowest BCUT2D eigenvalue weighted by molar-refractivity contribution is -0.117. The van der Waals surface area contributed by atoms with Crippen LogP contribution in [-0.4, -0.2) is 23.9 Å². The first-order valence-corrected chi connectivity index (χ1v) is 8.40. The number of aryl methyl sites for hydroxylation is 2. The first kappa shape index (κ1) is 16.7. The van der Waals surface area contributed by atoms with Crippen molar-refractivity contribution >= 4 is 11.6 Å². The van der Waals surface area contributed by atoms with Crippen molar-refractivity contribution in [3.05, 3.63) is 65.0 Å². The van der Waals surface area contributed by atoms with Gasteiger partial charge in [-0.2, -0.15) is 0 Å². The fourth-order valence-electron chi connectivity index (χ4n) is 3.45. The van der Waals surface area contributed by atoms with Gasteiger partial charge in [0.1, 0.15) is 5.82 Å². The third-order valence-corrected chi connectivity index (χ3v) is 4.71. The summed E-state index contributed by atoms with van der Waals surface area (Å²) >= 11 is 0. The molecule has 2 aromatic rings. The summed E-state index contributed by atoms with van der Waals surface area (Å²) in [7, 11) is 0. The molecule has 0 bridgehead atoms. The molecule has 1 aliphatic heterocycles. The molecule has 3 rings (SSSR count). The van der Waals surface area contributed by atoms with Gasteiger partial charge in [0.2, 0.25) is 5.91 Å². The van der Waals surface area contributed by atoms with Crippen LogP contribution >= 0.6 is 0 Å². The summed E-state index contributed by atoms with van der Waals surface area (Å²) < 4.78 is 13.1. The molecule has 24 heavy (non-hydrogen) atoms. The van der Waals surface area contributed by atoms with Gasteiger partial charge >= 0.3 is 0 Å². The Kier molecular flexibility index (Phi) is 4.95. The molecule has 0 spiro atoms. The van der Waals surface area contributed by atoms with Crippen LogP contribution in [0.25, 0.3) is 0 Å². The van der Waals surface area contributed by atoms with Gasteiger partial charge in [0.25, 0.3) is 0 Å². The number of para-hydroxylation sites is 1. The van der Waals surface area contributed by atoms with Crippen LogP contribution in [0.4, 0.5) is 10.1 Å². The summed E-state index contributed by atoms with van der Waals surface area (Å²) in [5.74, 6) is -0.225. The molecule has 0 aromatic heterocycles. The molecule has 0 saturated carbocycles. The molecule has 1 fully saturated rings. The van der Waals surface area contributed by atoms with E-state index in [1.807, 2.05) is 44.2 Å². The first-order valence-electron chi connectivity index (χ1n) is 8.40. The summed E-state index contributed by atoms with van der Waals surface area (Å²) in [5, 5.41) is 3.05. The minimum Gasteiger partial charge on any atom is -0.324 e. The van der Waals surface area contributed by atoms with Crippen LogP contribution in [0.1, 0.15) is 35.6 Å². The van der Waals surface area contributed by atoms with Crippen LogP contribution in [0.5, 0.6) is 0 Å². The van der Waals surface area contributed by atoms with E-state index >= 15 is 0 Å². The molecule has 1 atom stereocenters. The number of benzene rings is 2.